The van der Waals surface area contributed by atoms with Gasteiger partial charge in [-0.05, 0) is 43.0 Å². The molecule has 1 amide bonds. The number of amides is 1. The van der Waals surface area contributed by atoms with Crippen molar-refractivity contribution in [3.63, 3.8) is 0 Å². The van der Waals surface area contributed by atoms with Crippen molar-refractivity contribution < 1.29 is 21.6 Å². The van der Waals surface area contributed by atoms with Crippen molar-refractivity contribution in [3.05, 3.63) is 29.8 Å². The Balaban J connectivity index is 2.07. The van der Waals surface area contributed by atoms with Gasteiger partial charge in [0.05, 0.1) is 21.7 Å². The third-order valence-corrected chi connectivity index (χ3v) is 8.27. The van der Waals surface area contributed by atoms with Crippen molar-refractivity contribution in [2.75, 3.05) is 18.1 Å². The number of sulfone groups is 2. The van der Waals surface area contributed by atoms with E-state index in [1.165, 1.54) is 24.3 Å². The lowest BCUT2D eigenvalue weighted by Crippen LogP contribution is -2.25. The van der Waals surface area contributed by atoms with Crippen LogP contribution in [0.15, 0.2) is 29.2 Å². The summed E-state index contributed by atoms with van der Waals surface area (Å²) in [4.78, 5) is 12.0. The fourth-order valence-electron chi connectivity index (χ4n) is 2.57. The lowest BCUT2D eigenvalue weighted by molar-refractivity contribution is 0.0952. The molecule has 1 fully saturated rings. The van der Waals surface area contributed by atoms with Gasteiger partial charge < -0.3 is 5.32 Å². The minimum absolute atomic E-state index is 0.0586. The van der Waals surface area contributed by atoms with E-state index in [0.717, 1.165) is 6.42 Å². The van der Waals surface area contributed by atoms with Gasteiger partial charge in [0.2, 0.25) is 0 Å². The van der Waals surface area contributed by atoms with Crippen LogP contribution >= 0.6 is 0 Å². The van der Waals surface area contributed by atoms with E-state index >= 15 is 0 Å². The molecule has 1 atom stereocenters. The van der Waals surface area contributed by atoms with Gasteiger partial charge in [-0.25, -0.2) is 16.8 Å². The number of rotatable bonds is 6. The van der Waals surface area contributed by atoms with Crippen molar-refractivity contribution >= 4 is 25.6 Å². The van der Waals surface area contributed by atoms with Crippen LogP contribution < -0.4 is 5.32 Å². The highest BCUT2D eigenvalue weighted by Gasteiger charge is 2.37. The Morgan fingerprint density at radius 3 is 2.38 bits per heavy atom. The standard InChI is InChI=1S/C16H23NO5S2/c1-12(2)7-9-17-16(18)13-3-5-14(6-4-13)24(21,22)15-8-10-23(19,20)11-15/h3-6,12,15H,7-11H2,1-2H3,(H,17,18)/t15-/m1/s1. The molecule has 134 valence electrons. The zero-order valence-electron chi connectivity index (χ0n) is 13.9. The van der Waals surface area contributed by atoms with Crippen LogP contribution in [-0.4, -0.2) is 46.0 Å². The molecule has 1 N–H and O–H groups in total. The molecule has 24 heavy (non-hydrogen) atoms. The Hall–Kier alpha value is -1.41. The molecule has 1 aromatic rings. The van der Waals surface area contributed by atoms with E-state index in [4.69, 9.17) is 0 Å². The first-order valence-electron chi connectivity index (χ1n) is 7.94. The van der Waals surface area contributed by atoms with E-state index in [2.05, 4.69) is 19.2 Å². The van der Waals surface area contributed by atoms with E-state index < -0.39 is 24.9 Å². The van der Waals surface area contributed by atoms with Crippen molar-refractivity contribution in [1.29, 1.82) is 0 Å². The lowest BCUT2D eigenvalue weighted by Gasteiger charge is -2.11. The van der Waals surface area contributed by atoms with Gasteiger partial charge in [0.1, 0.15) is 0 Å². The predicted molar refractivity (Wildman–Crippen MR) is 92.5 cm³/mol. The maximum atomic E-state index is 12.5. The van der Waals surface area contributed by atoms with E-state index in [9.17, 15) is 21.6 Å². The van der Waals surface area contributed by atoms with Crippen LogP contribution in [0.2, 0.25) is 0 Å². The largest absolute Gasteiger partial charge is 0.352 e. The third-order valence-electron chi connectivity index (χ3n) is 4.08. The first-order chi connectivity index (χ1) is 11.1. The molecule has 0 saturated carbocycles. The maximum absolute atomic E-state index is 12.5. The molecule has 8 heteroatoms. The first-order valence-corrected chi connectivity index (χ1v) is 11.3. The Morgan fingerprint density at radius 2 is 1.88 bits per heavy atom. The summed E-state index contributed by atoms with van der Waals surface area (Å²) < 4.78 is 48.0. The second kappa shape index (κ2) is 7.23. The van der Waals surface area contributed by atoms with Gasteiger partial charge >= 0.3 is 0 Å². The van der Waals surface area contributed by atoms with Gasteiger partial charge in [-0.2, -0.15) is 0 Å². The summed E-state index contributed by atoms with van der Waals surface area (Å²) in [6.45, 7) is 4.69. The zero-order valence-corrected chi connectivity index (χ0v) is 15.5. The average molecular weight is 373 g/mol. The zero-order chi connectivity index (χ0) is 18.0. The normalized spacial score (nSPS) is 20.2. The molecule has 1 aliphatic heterocycles. The molecule has 1 heterocycles. The summed E-state index contributed by atoms with van der Waals surface area (Å²) >= 11 is 0. The number of hydrogen-bond acceptors (Lipinski definition) is 5. The van der Waals surface area contributed by atoms with Crippen LogP contribution in [0, 0.1) is 5.92 Å². The van der Waals surface area contributed by atoms with E-state index in [-0.39, 0.29) is 28.7 Å². The van der Waals surface area contributed by atoms with Crippen LogP contribution in [-0.2, 0) is 19.7 Å². The van der Waals surface area contributed by atoms with Crippen molar-refractivity contribution in [2.24, 2.45) is 5.92 Å². The molecule has 1 saturated heterocycles. The van der Waals surface area contributed by atoms with Gasteiger partial charge in [-0.3, -0.25) is 4.79 Å². The molecule has 0 spiro atoms. The van der Waals surface area contributed by atoms with Crippen LogP contribution in [0.3, 0.4) is 0 Å². The van der Waals surface area contributed by atoms with Crippen LogP contribution in [0.4, 0.5) is 0 Å². The molecule has 0 unspecified atom stereocenters. The molecular weight excluding hydrogens is 350 g/mol. The molecule has 0 aromatic heterocycles. The SMILES string of the molecule is CC(C)CCNC(=O)c1ccc(S(=O)(=O)[C@@H]2CCS(=O)(=O)C2)cc1. The van der Waals surface area contributed by atoms with Crippen LogP contribution in [0.1, 0.15) is 37.0 Å². The second-order valence-electron chi connectivity index (χ2n) is 6.53. The van der Waals surface area contributed by atoms with Gasteiger partial charge in [-0.15, -0.1) is 0 Å². The fraction of sp³-hybridized carbons (Fsp3) is 0.562. The Bertz CT molecular complexity index is 795. The van der Waals surface area contributed by atoms with Crippen molar-refractivity contribution in [2.45, 2.75) is 36.8 Å². The Morgan fingerprint density at radius 1 is 1.25 bits per heavy atom. The fourth-order valence-corrected chi connectivity index (χ4v) is 6.93. The molecule has 0 radical (unpaired) electrons. The number of carbonyl (C=O) groups excluding carboxylic acids is 1. The summed E-state index contributed by atoms with van der Waals surface area (Å²) in [5.74, 6) is -0.177. The summed E-state index contributed by atoms with van der Waals surface area (Å²) in [6.07, 6.45) is 0.996. The highest BCUT2D eigenvalue weighted by Crippen LogP contribution is 2.25. The average Bonchev–Trinajstić information content (AvgIpc) is 2.88. The molecule has 1 aliphatic rings. The topological polar surface area (TPSA) is 97.4 Å². The molecule has 6 nitrogen and oxygen atoms in total. The number of nitrogens with one attached hydrogen (secondary N) is 1. The van der Waals surface area contributed by atoms with Crippen molar-refractivity contribution in [3.8, 4) is 0 Å². The summed E-state index contributed by atoms with van der Waals surface area (Å²) in [6, 6.07) is 5.66. The minimum atomic E-state index is -3.69. The van der Waals surface area contributed by atoms with Crippen molar-refractivity contribution in [1.82, 2.24) is 5.32 Å². The van der Waals surface area contributed by atoms with Gasteiger partial charge in [0.25, 0.3) is 5.91 Å². The molecule has 0 aliphatic carbocycles. The first kappa shape index (κ1) is 18.9. The van der Waals surface area contributed by atoms with Gasteiger partial charge in [0, 0.05) is 12.1 Å². The van der Waals surface area contributed by atoms with Gasteiger partial charge in [-0.1, -0.05) is 13.8 Å². The molecular formula is C16H23NO5S2. The molecule has 1 aromatic carbocycles. The monoisotopic (exact) mass is 373 g/mol. The van der Waals surface area contributed by atoms with E-state index in [1.54, 1.807) is 0 Å². The van der Waals surface area contributed by atoms with E-state index in [1.807, 2.05) is 0 Å². The van der Waals surface area contributed by atoms with E-state index in [0.29, 0.717) is 18.0 Å². The Labute approximate surface area is 143 Å². The molecule has 0 bridgehead atoms. The number of benzene rings is 1. The third kappa shape index (κ3) is 4.57. The molecule has 2 rings (SSSR count). The van der Waals surface area contributed by atoms with Gasteiger partial charge in [0.15, 0.2) is 19.7 Å². The summed E-state index contributed by atoms with van der Waals surface area (Å²) in [7, 11) is -6.96. The van der Waals surface area contributed by atoms with Crippen LogP contribution in [0.5, 0.6) is 0 Å². The lowest BCUT2D eigenvalue weighted by atomic mass is 10.1. The highest BCUT2D eigenvalue weighted by molar-refractivity contribution is 7.96. The minimum Gasteiger partial charge on any atom is -0.352 e. The highest BCUT2D eigenvalue weighted by atomic mass is 32.2. The number of hydrogen-bond donors (Lipinski definition) is 1. The smallest absolute Gasteiger partial charge is 0.251 e. The quantitative estimate of drug-likeness (QED) is 0.813. The predicted octanol–water partition coefficient (Wildman–Crippen LogP) is 1.42. The summed E-state index contributed by atoms with van der Waals surface area (Å²) in [5, 5.41) is 1.89. The van der Waals surface area contributed by atoms with Crippen LogP contribution in [0.25, 0.3) is 0 Å². The summed E-state index contributed by atoms with van der Waals surface area (Å²) in [5.41, 5.74) is 0.386. The second-order valence-corrected chi connectivity index (χ2v) is 11.0. The maximum Gasteiger partial charge on any atom is 0.251 e. The Kier molecular flexibility index (Phi) is 5.70. The number of carbonyl (C=O) groups is 1.